The Kier molecular flexibility index (Phi) is 62.9. The van der Waals surface area contributed by atoms with Crippen LogP contribution in [-0.2, 0) is 28.6 Å². The molecule has 0 aliphatic heterocycles. The summed E-state index contributed by atoms with van der Waals surface area (Å²) in [7, 11) is 0. The topological polar surface area (TPSA) is 78.9 Å². The van der Waals surface area contributed by atoms with Crippen molar-refractivity contribution in [2.75, 3.05) is 13.2 Å². The largest absolute Gasteiger partial charge is 0.462 e. The smallest absolute Gasteiger partial charge is 0.306 e. The number of esters is 3. The second kappa shape index (κ2) is 66.8. The highest BCUT2D eigenvalue weighted by atomic mass is 16.6. The fourth-order valence-electron chi connectivity index (χ4n) is 8.70. The van der Waals surface area contributed by atoms with Crippen molar-refractivity contribution in [3.63, 3.8) is 0 Å². The molecule has 0 aliphatic carbocycles. The van der Waals surface area contributed by atoms with E-state index in [-0.39, 0.29) is 37.5 Å². The van der Waals surface area contributed by atoms with E-state index in [2.05, 4.69) is 167 Å². The van der Waals surface area contributed by atoms with E-state index in [9.17, 15) is 14.4 Å². The molecule has 6 nitrogen and oxygen atoms in total. The lowest BCUT2D eigenvalue weighted by atomic mass is 10.1. The molecule has 0 fully saturated rings. The summed E-state index contributed by atoms with van der Waals surface area (Å²) in [5, 5.41) is 0. The molecule has 1 atom stereocenters. The van der Waals surface area contributed by atoms with Gasteiger partial charge in [0.25, 0.3) is 0 Å². The summed E-state index contributed by atoms with van der Waals surface area (Å²) in [6.45, 7) is 6.37. The molecule has 1 unspecified atom stereocenters. The van der Waals surface area contributed by atoms with Gasteiger partial charge in [-0.1, -0.05) is 269 Å². The van der Waals surface area contributed by atoms with Crippen molar-refractivity contribution in [2.24, 2.45) is 0 Å². The van der Waals surface area contributed by atoms with Gasteiger partial charge in [-0.2, -0.15) is 0 Å². The number of unbranched alkanes of at least 4 members (excludes halogenated alkanes) is 23. The number of rotatable bonds is 58. The molecule has 0 heterocycles. The first-order chi connectivity index (χ1) is 39.5. The highest BCUT2D eigenvalue weighted by Gasteiger charge is 2.19. The van der Waals surface area contributed by atoms with Crippen LogP contribution in [0.25, 0.3) is 0 Å². The molecule has 6 heteroatoms. The second-order valence-electron chi connectivity index (χ2n) is 21.3. The van der Waals surface area contributed by atoms with Crippen molar-refractivity contribution in [2.45, 2.75) is 290 Å². The highest BCUT2D eigenvalue weighted by molar-refractivity contribution is 5.71. The normalized spacial score (nSPS) is 13.1. The molecule has 0 bridgehead atoms. The summed E-state index contributed by atoms with van der Waals surface area (Å²) in [6.07, 6.45) is 95.7. The van der Waals surface area contributed by atoms with Crippen molar-refractivity contribution in [3.05, 3.63) is 146 Å². The van der Waals surface area contributed by atoms with E-state index in [1.165, 1.54) is 96.3 Å². The Morgan fingerprint density at radius 2 is 0.487 bits per heavy atom. The third kappa shape index (κ3) is 64.1. The maximum absolute atomic E-state index is 12.9. The first kappa shape index (κ1) is 75.3. The Hall–Kier alpha value is -4.71. The molecule has 0 aromatic carbocycles. The van der Waals surface area contributed by atoms with Crippen LogP contribution in [-0.4, -0.2) is 37.2 Å². The molecule has 0 amide bonds. The van der Waals surface area contributed by atoms with Crippen molar-refractivity contribution in [1.29, 1.82) is 0 Å². The van der Waals surface area contributed by atoms with Gasteiger partial charge >= 0.3 is 17.9 Å². The third-order valence-corrected chi connectivity index (χ3v) is 13.6. The van der Waals surface area contributed by atoms with Crippen LogP contribution in [0, 0.1) is 0 Å². The van der Waals surface area contributed by atoms with Crippen LogP contribution in [0.4, 0.5) is 0 Å². The van der Waals surface area contributed by atoms with Gasteiger partial charge in [-0.3, -0.25) is 14.4 Å². The number of hydrogen-bond acceptors (Lipinski definition) is 6. The van der Waals surface area contributed by atoms with Crippen LogP contribution in [0.15, 0.2) is 146 Å². The van der Waals surface area contributed by atoms with Crippen molar-refractivity contribution in [3.8, 4) is 0 Å². The van der Waals surface area contributed by atoms with Crippen LogP contribution >= 0.6 is 0 Å². The lowest BCUT2D eigenvalue weighted by Crippen LogP contribution is -2.30. The number of carbonyl (C=O) groups excluding carboxylic acids is 3. The summed E-state index contributed by atoms with van der Waals surface area (Å²) in [6, 6.07) is 0. The molecule has 0 saturated heterocycles. The van der Waals surface area contributed by atoms with Gasteiger partial charge in [-0.15, -0.1) is 0 Å². The molecular formula is C74H120O6. The van der Waals surface area contributed by atoms with Crippen molar-refractivity contribution in [1.82, 2.24) is 0 Å². The first-order valence-electron chi connectivity index (χ1n) is 32.8. The standard InChI is InChI=1S/C74H120O6/c1-4-7-10-13-16-19-22-25-28-30-32-33-34-35-36-37-38-39-40-41-43-44-46-49-52-55-58-61-64-67-73(76)79-70-71(69-78-72(75)66-63-60-57-54-51-48-27-24-21-18-15-12-9-6-3)80-74(77)68-65-62-59-56-53-50-47-45-42-31-29-26-23-20-17-14-11-8-5-2/h7-8,10-11,16-17,19-20,24-29,32-33,35-36,38-39,42,45,50,53,71H,4-6,9,12-15,18,21-23,30-31,34,37,40-41,43-44,46-49,51-52,54-70H2,1-3H3/b10-7-,11-8-,19-16-,20-17-,27-24-,28-25-,29-26-,33-32-,36-35-,39-38-,45-42-,53-50-. The van der Waals surface area contributed by atoms with Gasteiger partial charge in [-0.25, -0.2) is 0 Å². The fourth-order valence-corrected chi connectivity index (χ4v) is 8.70. The van der Waals surface area contributed by atoms with Gasteiger partial charge in [0, 0.05) is 19.3 Å². The predicted octanol–water partition coefficient (Wildman–Crippen LogP) is 22.7. The average Bonchev–Trinajstić information content (AvgIpc) is 3.46. The number of hydrogen-bond donors (Lipinski definition) is 0. The summed E-state index contributed by atoms with van der Waals surface area (Å²) in [5.74, 6) is -0.944. The van der Waals surface area contributed by atoms with Gasteiger partial charge in [0.05, 0.1) is 0 Å². The Morgan fingerprint density at radius 1 is 0.263 bits per heavy atom. The van der Waals surface area contributed by atoms with E-state index in [0.717, 1.165) is 148 Å². The Bertz CT molecular complexity index is 1750. The van der Waals surface area contributed by atoms with Gasteiger partial charge in [0.2, 0.25) is 0 Å². The monoisotopic (exact) mass is 1100 g/mol. The highest BCUT2D eigenvalue weighted by Crippen LogP contribution is 2.15. The van der Waals surface area contributed by atoms with Gasteiger partial charge in [0.1, 0.15) is 13.2 Å². The molecule has 0 spiro atoms. The van der Waals surface area contributed by atoms with Crippen LogP contribution in [0.3, 0.4) is 0 Å². The minimum absolute atomic E-state index is 0.101. The predicted molar refractivity (Wildman–Crippen MR) is 348 cm³/mol. The van der Waals surface area contributed by atoms with Gasteiger partial charge in [0.15, 0.2) is 6.10 Å². The Morgan fingerprint density at radius 3 is 0.787 bits per heavy atom. The summed E-state index contributed by atoms with van der Waals surface area (Å²) in [5.41, 5.74) is 0. The number of allylic oxidation sites excluding steroid dienone is 24. The van der Waals surface area contributed by atoms with E-state index in [0.29, 0.717) is 12.8 Å². The Labute approximate surface area is 493 Å². The van der Waals surface area contributed by atoms with E-state index < -0.39 is 6.10 Å². The minimum atomic E-state index is -0.808. The summed E-state index contributed by atoms with van der Waals surface area (Å²) >= 11 is 0. The Balaban J connectivity index is 4.39. The molecule has 0 aromatic heterocycles. The quantitative estimate of drug-likeness (QED) is 0.0261. The van der Waals surface area contributed by atoms with Crippen LogP contribution < -0.4 is 0 Å². The maximum Gasteiger partial charge on any atom is 0.306 e. The van der Waals surface area contributed by atoms with E-state index >= 15 is 0 Å². The van der Waals surface area contributed by atoms with Crippen molar-refractivity contribution < 1.29 is 28.6 Å². The summed E-state index contributed by atoms with van der Waals surface area (Å²) in [4.78, 5) is 38.3. The van der Waals surface area contributed by atoms with Crippen LogP contribution in [0.5, 0.6) is 0 Å². The molecule has 0 aliphatic rings. The molecular weight excluding hydrogens is 985 g/mol. The first-order valence-corrected chi connectivity index (χ1v) is 32.8. The average molecular weight is 1110 g/mol. The summed E-state index contributed by atoms with van der Waals surface area (Å²) < 4.78 is 16.9. The lowest BCUT2D eigenvalue weighted by Gasteiger charge is -2.18. The number of carbonyl (C=O) groups is 3. The fraction of sp³-hybridized carbons (Fsp3) is 0.635. The molecule has 0 aromatic rings. The molecule has 452 valence electrons. The van der Waals surface area contributed by atoms with Crippen molar-refractivity contribution >= 4 is 17.9 Å². The van der Waals surface area contributed by atoms with E-state index in [1.807, 2.05) is 0 Å². The van der Waals surface area contributed by atoms with E-state index in [1.54, 1.807) is 0 Å². The SMILES string of the molecule is CC/C=C\C/C=C\C/C=C\C/C=C\C/C=C\C/C=C\CCCCCCCCCCCCC(=O)OCC(COC(=O)CCCCCCC/C=C\CCCCCCC)OC(=O)CCCCC/C=C\C/C=C\C/C=C\C/C=C\C/C=C\CC. The third-order valence-electron chi connectivity index (χ3n) is 13.6. The second-order valence-corrected chi connectivity index (χ2v) is 21.3. The number of ether oxygens (including phenoxy) is 3. The van der Waals surface area contributed by atoms with Crippen LogP contribution in [0.1, 0.15) is 284 Å². The molecule has 0 radical (unpaired) electrons. The van der Waals surface area contributed by atoms with E-state index in [4.69, 9.17) is 14.2 Å². The zero-order valence-corrected chi connectivity index (χ0v) is 51.8. The maximum atomic E-state index is 12.9. The zero-order chi connectivity index (χ0) is 57.8. The molecule has 0 rings (SSSR count). The zero-order valence-electron chi connectivity index (χ0n) is 51.8. The van der Waals surface area contributed by atoms with Gasteiger partial charge < -0.3 is 14.2 Å². The molecule has 80 heavy (non-hydrogen) atoms. The lowest BCUT2D eigenvalue weighted by molar-refractivity contribution is -0.167. The minimum Gasteiger partial charge on any atom is -0.462 e. The van der Waals surface area contributed by atoms with Gasteiger partial charge in [-0.05, 0) is 141 Å². The van der Waals surface area contributed by atoms with Crippen LogP contribution in [0.2, 0.25) is 0 Å². The molecule has 0 saturated carbocycles. The molecule has 0 N–H and O–H groups in total.